The van der Waals surface area contributed by atoms with Crippen molar-refractivity contribution in [2.24, 2.45) is 0 Å². The predicted molar refractivity (Wildman–Crippen MR) is 97.6 cm³/mol. The summed E-state index contributed by atoms with van der Waals surface area (Å²) in [7, 11) is 0. The van der Waals surface area contributed by atoms with Gasteiger partial charge in [0, 0.05) is 31.7 Å². The molecule has 9 heteroatoms. The highest BCUT2D eigenvalue weighted by Crippen LogP contribution is 2.19. The largest absolute Gasteiger partial charge is 0.444 e. The van der Waals surface area contributed by atoms with Crippen LogP contribution in [0.15, 0.2) is 6.33 Å². The van der Waals surface area contributed by atoms with Crippen LogP contribution < -0.4 is 10.6 Å². The van der Waals surface area contributed by atoms with Gasteiger partial charge in [0.05, 0.1) is 6.33 Å². The van der Waals surface area contributed by atoms with Gasteiger partial charge in [-0.25, -0.2) is 9.78 Å². The summed E-state index contributed by atoms with van der Waals surface area (Å²) >= 11 is 0. The van der Waals surface area contributed by atoms with E-state index in [0.717, 1.165) is 0 Å². The molecule has 3 amide bonds. The number of amides is 3. The van der Waals surface area contributed by atoms with Gasteiger partial charge >= 0.3 is 6.09 Å². The molecule has 0 unspecified atom stereocenters. The van der Waals surface area contributed by atoms with E-state index in [0.29, 0.717) is 38.2 Å². The molecule has 0 bridgehead atoms. The molecule has 3 heterocycles. The fourth-order valence-corrected chi connectivity index (χ4v) is 3.30. The van der Waals surface area contributed by atoms with Crippen LogP contribution in [0.1, 0.15) is 67.6 Å². The first-order valence-corrected chi connectivity index (χ1v) is 9.29. The molecule has 27 heavy (non-hydrogen) atoms. The molecule has 3 rings (SSSR count). The van der Waals surface area contributed by atoms with Crippen LogP contribution in [0.2, 0.25) is 0 Å². The minimum atomic E-state index is -0.528. The number of carbonyl (C=O) groups excluding carboxylic acids is 3. The van der Waals surface area contributed by atoms with Gasteiger partial charge in [0.15, 0.2) is 5.69 Å². The third kappa shape index (κ3) is 4.23. The number of ether oxygens (including phenoxy) is 1. The van der Waals surface area contributed by atoms with Crippen molar-refractivity contribution < 1.29 is 19.1 Å². The Morgan fingerprint density at radius 1 is 1.30 bits per heavy atom. The van der Waals surface area contributed by atoms with Gasteiger partial charge in [-0.3, -0.25) is 9.59 Å². The SMILES string of the molecule is C[C@@H]1CNC(=O)c2c(C(=O)NC3CCN(C(=O)OC(C)(C)C)CC3)ncn21. The Morgan fingerprint density at radius 2 is 1.96 bits per heavy atom. The maximum atomic E-state index is 12.6. The topological polar surface area (TPSA) is 106 Å². The Labute approximate surface area is 158 Å². The summed E-state index contributed by atoms with van der Waals surface area (Å²) in [5, 5.41) is 5.71. The summed E-state index contributed by atoms with van der Waals surface area (Å²) in [6.07, 6.45) is 2.47. The minimum absolute atomic E-state index is 0.0591. The van der Waals surface area contributed by atoms with Crippen molar-refractivity contribution in [2.45, 2.75) is 58.2 Å². The quantitative estimate of drug-likeness (QED) is 0.809. The zero-order chi connectivity index (χ0) is 19.8. The van der Waals surface area contributed by atoms with Crippen molar-refractivity contribution in [1.29, 1.82) is 0 Å². The molecule has 1 aromatic heterocycles. The molecular formula is C18H27N5O4. The van der Waals surface area contributed by atoms with E-state index in [1.165, 1.54) is 0 Å². The first-order valence-electron chi connectivity index (χ1n) is 9.29. The van der Waals surface area contributed by atoms with E-state index < -0.39 is 5.60 Å². The number of likely N-dealkylation sites (tertiary alicyclic amines) is 1. The lowest BCUT2D eigenvalue weighted by Crippen LogP contribution is -2.48. The number of imidazole rings is 1. The van der Waals surface area contributed by atoms with Gasteiger partial charge in [0.2, 0.25) is 0 Å². The van der Waals surface area contributed by atoms with Gasteiger partial charge in [-0.05, 0) is 40.5 Å². The van der Waals surface area contributed by atoms with Crippen LogP contribution in [-0.2, 0) is 4.74 Å². The van der Waals surface area contributed by atoms with Crippen LogP contribution in [-0.4, -0.2) is 63.6 Å². The van der Waals surface area contributed by atoms with Crippen LogP contribution >= 0.6 is 0 Å². The second-order valence-corrected chi connectivity index (χ2v) is 8.12. The molecule has 2 aliphatic rings. The first kappa shape index (κ1) is 19.2. The second-order valence-electron chi connectivity index (χ2n) is 8.12. The summed E-state index contributed by atoms with van der Waals surface area (Å²) in [6.45, 7) is 9.00. The van der Waals surface area contributed by atoms with Gasteiger partial charge in [-0.1, -0.05) is 0 Å². The molecule has 0 saturated carbocycles. The molecule has 0 aliphatic carbocycles. The van der Waals surface area contributed by atoms with E-state index in [9.17, 15) is 14.4 Å². The van der Waals surface area contributed by atoms with Gasteiger partial charge in [0.1, 0.15) is 11.3 Å². The lowest BCUT2D eigenvalue weighted by molar-refractivity contribution is 0.0199. The Kier molecular flexibility index (Phi) is 5.12. The molecule has 1 fully saturated rings. The highest BCUT2D eigenvalue weighted by Gasteiger charge is 2.32. The molecule has 1 aromatic rings. The summed E-state index contributed by atoms with van der Waals surface area (Å²) < 4.78 is 7.11. The second kappa shape index (κ2) is 7.21. The molecule has 1 saturated heterocycles. The molecule has 1 atom stereocenters. The van der Waals surface area contributed by atoms with Gasteiger partial charge in [0.25, 0.3) is 11.8 Å². The van der Waals surface area contributed by atoms with E-state index in [1.54, 1.807) is 15.8 Å². The zero-order valence-corrected chi connectivity index (χ0v) is 16.2. The highest BCUT2D eigenvalue weighted by atomic mass is 16.6. The summed E-state index contributed by atoms with van der Waals surface area (Å²) in [4.78, 5) is 42.7. The minimum Gasteiger partial charge on any atom is -0.444 e. The fourth-order valence-electron chi connectivity index (χ4n) is 3.30. The zero-order valence-electron chi connectivity index (χ0n) is 16.2. The number of nitrogens with zero attached hydrogens (tertiary/aromatic N) is 3. The van der Waals surface area contributed by atoms with Crippen LogP contribution in [0.3, 0.4) is 0 Å². The Bertz CT molecular complexity index is 743. The lowest BCUT2D eigenvalue weighted by atomic mass is 10.0. The van der Waals surface area contributed by atoms with Gasteiger partial charge < -0.3 is 24.8 Å². The van der Waals surface area contributed by atoms with Crippen molar-refractivity contribution in [2.75, 3.05) is 19.6 Å². The Morgan fingerprint density at radius 3 is 2.59 bits per heavy atom. The molecule has 0 radical (unpaired) electrons. The van der Waals surface area contributed by atoms with Crippen LogP contribution in [0.5, 0.6) is 0 Å². The number of piperidine rings is 1. The number of hydrogen-bond donors (Lipinski definition) is 2. The van der Waals surface area contributed by atoms with Gasteiger partial charge in [-0.2, -0.15) is 0 Å². The smallest absolute Gasteiger partial charge is 0.410 e. The number of nitrogens with one attached hydrogen (secondary N) is 2. The van der Waals surface area contributed by atoms with E-state index in [2.05, 4.69) is 15.6 Å². The van der Waals surface area contributed by atoms with Crippen molar-refractivity contribution in [3.63, 3.8) is 0 Å². The molecule has 2 N–H and O–H groups in total. The number of carbonyl (C=O) groups is 3. The average Bonchev–Trinajstić information content (AvgIpc) is 3.04. The Hall–Kier alpha value is -2.58. The third-order valence-electron chi connectivity index (χ3n) is 4.74. The standard InChI is InChI=1S/C18H27N5O4/c1-11-9-19-16(25)14-13(20-10-23(11)14)15(24)21-12-5-7-22(8-6-12)17(26)27-18(2,3)4/h10-12H,5-9H2,1-4H3,(H,19,25)(H,21,24)/t11-/m1/s1. The summed E-state index contributed by atoms with van der Waals surface area (Å²) in [5.74, 6) is -0.640. The molecular weight excluding hydrogens is 350 g/mol. The van der Waals surface area contributed by atoms with Gasteiger partial charge in [-0.15, -0.1) is 0 Å². The van der Waals surface area contributed by atoms with E-state index in [4.69, 9.17) is 4.74 Å². The third-order valence-corrected chi connectivity index (χ3v) is 4.74. The maximum Gasteiger partial charge on any atom is 0.410 e. The average molecular weight is 377 g/mol. The molecule has 9 nitrogen and oxygen atoms in total. The van der Waals surface area contributed by atoms with E-state index in [1.807, 2.05) is 27.7 Å². The van der Waals surface area contributed by atoms with Crippen LogP contribution in [0, 0.1) is 0 Å². The van der Waals surface area contributed by atoms with Crippen LogP contribution in [0.25, 0.3) is 0 Å². The first-order chi connectivity index (χ1) is 12.7. The van der Waals surface area contributed by atoms with Crippen molar-refractivity contribution in [3.8, 4) is 0 Å². The summed E-state index contributed by atoms with van der Waals surface area (Å²) in [6, 6.07) is -0.0126. The van der Waals surface area contributed by atoms with E-state index in [-0.39, 0.29) is 35.7 Å². The van der Waals surface area contributed by atoms with Crippen molar-refractivity contribution >= 4 is 17.9 Å². The normalized spacial score (nSPS) is 20.7. The monoisotopic (exact) mass is 377 g/mol. The number of aromatic nitrogens is 2. The number of fused-ring (bicyclic) bond motifs is 1. The lowest BCUT2D eigenvalue weighted by Gasteiger charge is -2.33. The number of hydrogen-bond acceptors (Lipinski definition) is 5. The molecule has 148 valence electrons. The van der Waals surface area contributed by atoms with Crippen molar-refractivity contribution in [1.82, 2.24) is 25.1 Å². The fraction of sp³-hybridized carbons (Fsp3) is 0.667. The number of rotatable bonds is 2. The highest BCUT2D eigenvalue weighted by molar-refractivity contribution is 6.05. The molecule has 0 aromatic carbocycles. The summed E-state index contributed by atoms with van der Waals surface area (Å²) in [5.41, 5.74) is -0.0777. The molecule has 2 aliphatic heterocycles. The van der Waals surface area contributed by atoms with Crippen LogP contribution in [0.4, 0.5) is 4.79 Å². The Balaban J connectivity index is 1.58. The molecule has 0 spiro atoms. The van der Waals surface area contributed by atoms with E-state index >= 15 is 0 Å². The maximum absolute atomic E-state index is 12.6. The predicted octanol–water partition coefficient (Wildman–Crippen LogP) is 1.32. The van der Waals surface area contributed by atoms with Crippen molar-refractivity contribution in [3.05, 3.63) is 17.7 Å².